The Morgan fingerprint density at radius 2 is 1.48 bits per heavy atom. The number of nitrogens with one attached hydrogen (secondary N) is 1. The molecule has 0 aliphatic rings. The first-order valence-corrected chi connectivity index (χ1v) is 10.2. The molecule has 21 heavy (non-hydrogen) atoms. The molecule has 0 saturated carbocycles. The van der Waals surface area contributed by atoms with Crippen LogP contribution in [0.4, 0.5) is 0 Å². The zero-order valence-corrected chi connectivity index (χ0v) is 21.6. The van der Waals surface area contributed by atoms with Gasteiger partial charge in [0.25, 0.3) is 0 Å². The van der Waals surface area contributed by atoms with Gasteiger partial charge in [0.1, 0.15) is 0 Å². The fourth-order valence-corrected chi connectivity index (χ4v) is 1.61. The van der Waals surface area contributed by atoms with E-state index in [-0.39, 0.29) is 54.4 Å². The van der Waals surface area contributed by atoms with Crippen LogP contribution < -0.4 is 0 Å². The van der Waals surface area contributed by atoms with Crippen LogP contribution in [-0.2, 0) is 23.3 Å². The van der Waals surface area contributed by atoms with Crippen molar-refractivity contribution in [1.29, 1.82) is 0 Å². The van der Waals surface area contributed by atoms with Crippen molar-refractivity contribution in [3.05, 3.63) is 61.5 Å². The molecular formula is C15H24Br3NSiZr-4. The minimum absolute atomic E-state index is 0. The summed E-state index contributed by atoms with van der Waals surface area (Å²) in [5.74, 6) is 0. The van der Waals surface area contributed by atoms with Crippen LogP contribution in [0.25, 0.3) is 16.5 Å². The minimum atomic E-state index is -0.250. The molecule has 0 aromatic heterocycles. The zero-order valence-electron chi connectivity index (χ0n) is 13.2. The van der Waals surface area contributed by atoms with Crippen molar-refractivity contribution in [2.75, 3.05) is 0 Å². The van der Waals surface area contributed by atoms with Gasteiger partial charge in [0.15, 0.2) is 0 Å². The molecule has 2 rings (SSSR count). The van der Waals surface area contributed by atoms with E-state index < -0.39 is 0 Å². The SMILES string of the molecule is Br.Br.Brc1cc2ccccc2[cH-]1.CC(C)(C)[NH-].[CH3-].[CH3-].[Si]=[Zr]. The van der Waals surface area contributed by atoms with Crippen LogP contribution in [0.15, 0.2) is 40.9 Å². The Kier molecular flexibility index (Phi) is 28.5. The van der Waals surface area contributed by atoms with Crippen LogP contribution in [0, 0.1) is 14.9 Å². The average Bonchev–Trinajstić information content (AvgIpc) is 2.58. The van der Waals surface area contributed by atoms with E-state index in [1.165, 1.54) is 34.1 Å². The van der Waals surface area contributed by atoms with Gasteiger partial charge in [-0.25, -0.2) is 0 Å². The van der Waals surface area contributed by atoms with Crippen molar-refractivity contribution in [3.8, 4) is 0 Å². The molecule has 6 heteroatoms. The average molecular weight is 577 g/mol. The van der Waals surface area contributed by atoms with E-state index in [0.29, 0.717) is 0 Å². The monoisotopic (exact) mass is 573 g/mol. The van der Waals surface area contributed by atoms with Crippen LogP contribution in [0.1, 0.15) is 20.8 Å². The Bertz CT molecular complexity index is 416. The molecule has 0 aliphatic heterocycles. The molecule has 0 saturated heterocycles. The maximum absolute atomic E-state index is 6.94. The number of hydrogen-bond acceptors (Lipinski definition) is 0. The second kappa shape index (κ2) is 17.7. The third kappa shape index (κ3) is 19.3. The molecule has 0 amide bonds. The Hall–Kier alpha value is 1.33. The van der Waals surface area contributed by atoms with Crippen LogP contribution in [0.3, 0.4) is 0 Å². The van der Waals surface area contributed by atoms with Crippen molar-refractivity contribution in [2.45, 2.75) is 26.3 Å². The first-order chi connectivity index (χ1) is 7.86. The van der Waals surface area contributed by atoms with E-state index in [2.05, 4.69) is 59.2 Å². The Labute approximate surface area is 177 Å². The Morgan fingerprint density at radius 3 is 1.86 bits per heavy atom. The van der Waals surface area contributed by atoms with E-state index in [0.717, 1.165) is 4.47 Å². The van der Waals surface area contributed by atoms with Gasteiger partial charge in [-0.1, -0.05) is 47.2 Å². The molecule has 0 aliphatic carbocycles. The van der Waals surface area contributed by atoms with Crippen molar-refractivity contribution in [3.63, 3.8) is 0 Å². The van der Waals surface area contributed by atoms with E-state index >= 15 is 0 Å². The Morgan fingerprint density at radius 1 is 1.10 bits per heavy atom. The van der Waals surface area contributed by atoms with Crippen LogP contribution >= 0.6 is 49.9 Å². The standard InChI is InChI=1S/C9H6Br.C4H10N.2CH3.2BrH.Si.Zr/c10-9-5-7-3-1-2-4-8(7)6-9;1-4(2,3)5;;;;;;/h1-6H;5H,1-3H3;2*1H3;2*1H;;/q4*-1;;;;. The van der Waals surface area contributed by atoms with Gasteiger partial charge in [0.05, 0.1) is 0 Å². The van der Waals surface area contributed by atoms with E-state index in [1.807, 2.05) is 20.8 Å². The van der Waals surface area contributed by atoms with Gasteiger partial charge < -0.3 is 20.6 Å². The predicted molar refractivity (Wildman–Crippen MR) is 111 cm³/mol. The summed E-state index contributed by atoms with van der Waals surface area (Å²) in [6.45, 7) is 8.62. The molecule has 1 N–H and O–H groups in total. The van der Waals surface area contributed by atoms with Crippen LogP contribution in [-0.4, -0.2) is 12.4 Å². The topological polar surface area (TPSA) is 23.8 Å². The summed E-state index contributed by atoms with van der Waals surface area (Å²) < 4.78 is 1.16. The third-order valence-corrected chi connectivity index (χ3v) is 2.04. The molecule has 2 aromatic carbocycles. The second-order valence-corrected chi connectivity index (χ2v) is 5.47. The van der Waals surface area contributed by atoms with Crippen molar-refractivity contribution >= 4 is 67.5 Å². The van der Waals surface area contributed by atoms with Gasteiger partial charge in [-0.15, -0.1) is 74.5 Å². The Balaban J connectivity index is -0.0000000695. The molecule has 0 heterocycles. The van der Waals surface area contributed by atoms with Crippen LogP contribution in [0.5, 0.6) is 0 Å². The molecule has 1 nitrogen and oxygen atoms in total. The summed E-state index contributed by atoms with van der Waals surface area (Å²) in [5.41, 5.74) is 6.69. The fraction of sp³-hybridized carbons (Fsp3) is 0.267. The first-order valence-electron chi connectivity index (χ1n) is 5.17. The molecule has 122 valence electrons. The number of halogens is 3. The van der Waals surface area contributed by atoms with Crippen molar-refractivity contribution in [1.82, 2.24) is 0 Å². The van der Waals surface area contributed by atoms with E-state index in [1.54, 1.807) is 0 Å². The maximum atomic E-state index is 6.94. The molecule has 2 radical (unpaired) electrons. The summed E-state index contributed by atoms with van der Waals surface area (Å²) >= 11 is 4.78. The van der Waals surface area contributed by atoms with Gasteiger partial charge in [0.2, 0.25) is 0 Å². The third-order valence-electron chi connectivity index (χ3n) is 1.58. The summed E-state index contributed by atoms with van der Waals surface area (Å²) in [4.78, 5) is 0. The number of rotatable bonds is 0. The molecule has 2 aromatic rings. The first kappa shape index (κ1) is 33.8. The zero-order chi connectivity index (χ0) is 13.5. The second-order valence-electron chi connectivity index (χ2n) is 4.55. The molecule has 0 unspecified atom stereocenters. The predicted octanol–water partition coefficient (Wildman–Crippen LogP) is 6.83. The number of hydrogen-bond donors (Lipinski definition) is 0. The van der Waals surface area contributed by atoms with Gasteiger partial charge >= 0.3 is 30.2 Å². The molecule has 0 spiro atoms. The van der Waals surface area contributed by atoms with Gasteiger partial charge in [0, 0.05) is 0 Å². The number of fused-ring (bicyclic) bond motifs is 1. The summed E-state index contributed by atoms with van der Waals surface area (Å²) in [7, 11) is 0. The fourth-order valence-electron chi connectivity index (χ4n) is 1.11. The normalized spacial score (nSPS) is 8.00. The van der Waals surface area contributed by atoms with Gasteiger partial charge in [-0.2, -0.15) is 6.07 Å². The summed E-state index contributed by atoms with van der Waals surface area (Å²) in [5, 5.41) is 2.60. The quantitative estimate of drug-likeness (QED) is 0.242. The number of benzene rings is 1. The molecular weight excluding hydrogens is 553 g/mol. The van der Waals surface area contributed by atoms with Crippen LogP contribution in [0.2, 0.25) is 0 Å². The van der Waals surface area contributed by atoms with Gasteiger partial charge in [-0.3, -0.25) is 0 Å². The van der Waals surface area contributed by atoms with Crippen molar-refractivity contribution in [2.24, 2.45) is 0 Å². The molecule has 0 fully saturated rings. The van der Waals surface area contributed by atoms with E-state index in [9.17, 15) is 0 Å². The summed E-state index contributed by atoms with van der Waals surface area (Å²) in [6, 6.07) is 12.6. The summed E-state index contributed by atoms with van der Waals surface area (Å²) in [6.07, 6.45) is 0. The van der Waals surface area contributed by atoms with Gasteiger partial charge in [-0.05, 0) is 0 Å². The van der Waals surface area contributed by atoms with E-state index in [4.69, 9.17) is 5.73 Å². The van der Waals surface area contributed by atoms with Crippen molar-refractivity contribution < 1.29 is 23.3 Å². The molecule has 0 atom stereocenters. The molecule has 0 bridgehead atoms.